The smallest absolute Gasteiger partial charge is 0.283 e. The molecule has 2 fully saturated rings. The van der Waals surface area contributed by atoms with E-state index in [1.807, 2.05) is 9.80 Å². The third kappa shape index (κ3) is 4.20. The first-order valence-electron chi connectivity index (χ1n) is 12.6. The maximum atomic E-state index is 13.6. The Kier molecular flexibility index (Phi) is 7.08. The van der Waals surface area contributed by atoms with Crippen LogP contribution in [0.25, 0.3) is 0 Å². The van der Waals surface area contributed by atoms with E-state index in [2.05, 4.69) is 0 Å². The number of hydrogen-bond donors (Lipinski definition) is 0. The van der Waals surface area contributed by atoms with Crippen molar-refractivity contribution in [1.29, 1.82) is 0 Å². The van der Waals surface area contributed by atoms with E-state index in [4.69, 9.17) is 23.2 Å². The summed E-state index contributed by atoms with van der Waals surface area (Å²) in [4.78, 5) is 59.3. The summed E-state index contributed by atoms with van der Waals surface area (Å²) in [6.07, 6.45) is 7.87. The molecule has 4 aliphatic rings. The highest BCUT2D eigenvalue weighted by Gasteiger charge is 2.46. The molecule has 2 saturated heterocycles. The van der Waals surface area contributed by atoms with Gasteiger partial charge in [-0.3, -0.25) is 19.2 Å². The van der Waals surface area contributed by atoms with E-state index in [1.165, 1.54) is 0 Å². The number of benzene rings is 1. The van der Waals surface area contributed by atoms with Crippen LogP contribution in [-0.4, -0.2) is 59.6 Å². The van der Waals surface area contributed by atoms with E-state index in [-0.39, 0.29) is 32.8 Å². The van der Waals surface area contributed by atoms with Crippen molar-refractivity contribution in [2.24, 2.45) is 0 Å². The number of para-hydroxylation sites is 2. The fraction of sp³-hybridized carbons (Fsp3) is 0.462. The lowest BCUT2D eigenvalue weighted by Crippen LogP contribution is -2.39. The summed E-state index contributed by atoms with van der Waals surface area (Å²) in [5.74, 6) is -2.44. The average Bonchev–Trinajstić information content (AvgIpc) is 3.16. The fourth-order valence-corrected chi connectivity index (χ4v) is 5.97. The Morgan fingerprint density at radius 2 is 0.833 bits per heavy atom. The number of likely N-dealkylation sites (tertiary alicyclic amines) is 2. The predicted octanol–water partition coefficient (Wildman–Crippen LogP) is 4.09. The molecule has 0 aromatic heterocycles. The zero-order valence-corrected chi connectivity index (χ0v) is 21.5. The second-order valence-electron chi connectivity index (χ2n) is 9.51. The first-order chi connectivity index (χ1) is 17.4. The van der Waals surface area contributed by atoms with Gasteiger partial charge in [-0.2, -0.15) is 0 Å². The van der Waals surface area contributed by atoms with Crippen molar-refractivity contribution in [2.45, 2.75) is 51.4 Å². The molecule has 1 aromatic carbocycles. The summed E-state index contributed by atoms with van der Waals surface area (Å²) < 4.78 is 0. The van der Waals surface area contributed by atoms with Crippen LogP contribution < -0.4 is 9.80 Å². The van der Waals surface area contributed by atoms with Crippen LogP contribution in [0.1, 0.15) is 51.4 Å². The Hall–Kier alpha value is -2.84. The molecule has 0 saturated carbocycles. The average molecular weight is 531 g/mol. The van der Waals surface area contributed by atoms with Crippen LogP contribution in [0.4, 0.5) is 11.4 Å². The highest BCUT2D eigenvalue weighted by Crippen LogP contribution is 2.41. The van der Waals surface area contributed by atoms with Gasteiger partial charge in [-0.1, -0.05) is 61.0 Å². The molecular formula is C26H28Cl2N4O4. The molecule has 0 radical (unpaired) electrons. The van der Waals surface area contributed by atoms with Crippen LogP contribution in [0.2, 0.25) is 0 Å². The molecule has 0 spiro atoms. The number of carbonyl (C=O) groups excluding carboxylic acids is 4. The van der Waals surface area contributed by atoms with Gasteiger partial charge in [0.1, 0.15) is 21.5 Å². The molecule has 10 heteroatoms. The number of anilines is 2. The number of rotatable bonds is 4. The number of amides is 4. The van der Waals surface area contributed by atoms with Gasteiger partial charge in [0.15, 0.2) is 0 Å². The van der Waals surface area contributed by atoms with Crippen LogP contribution in [0.5, 0.6) is 0 Å². The summed E-state index contributed by atoms with van der Waals surface area (Å²) in [5.41, 5.74) is 0.607. The minimum Gasteiger partial charge on any atom is -0.366 e. The maximum absolute atomic E-state index is 13.6. The molecule has 0 aliphatic carbocycles. The largest absolute Gasteiger partial charge is 0.366 e. The predicted molar refractivity (Wildman–Crippen MR) is 137 cm³/mol. The molecule has 5 rings (SSSR count). The molecule has 0 unspecified atom stereocenters. The Morgan fingerprint density at radius 3 is 1.17 bits per heavy atom. The van der Waals surface area contributed by atoms with Gasteiger partial charge in [-0.15, -0.1) is 0 Å². The van der Waals surface area contributed by atoms with Crippen LogP contribution in [0, 0.1) is 0 Å². The topological polar surface area (TPSA) is 81.2 Å². The van der Waals surface area contributed by atoms with Gasteiger partial charge in [0.25, 0.3) is 23.6 Å². The van der Waals surface area contributed by atoms with Crippen molar-refractivity contribution in [1.82, 2.24) is 9.80 Å². The summed E-state index contributed by atoms with van der Waals surface area (Å²) in [7, 11) is 0. The van der Waals surface area contributed by atoms with E-state index in [0.29, 0.717) is 26.2 Å². The number of carbonyl (C=O) groups is 4. The third-order valence-corrected chi connectivity index (χ3v) is 7.90. The molecule has 0 N–H and O–H groups in total. The second-order valence-corrected chi connectivity index (χ2v) is 10.3. The lowest BCUT2D eigenvalue weighted by molar-refractivity contribution is -0.123. The fourth-order valence-electron chi connectivity index (χ4n) is 5.40. The first-order valence-corrected chi connectivity index (χ1v) is 13.3. The summed E-state index contributed by atoms with van der Waals surface area (Å²) in [5, 5.41) is -0.283. The van der Waals surface area contributed by atoms with Crippen LogP contribution in [0.15, 0.2) is 45.7 Å². The molecule has 4 heterocycles. The van der Waals surface area contributed by atoms with Crippen molar-refractivity contribution in [3.63, 3.8) is 0 Å². The summed E-state index contributed by atoms with van der Waals surface area (Å²) in [6, 6.07) is 6.37. The van der Waals surface area contributed by atoms with Gasteiger partial charge in [0.05, 0.1) is 11.4 Å². The lowest BCUT2D eigenvalue weighted by Gasteiger charge is -2.27. The number of nitrogens with zero attached hydrogens (tertiary/aromatic N) is 4. The van der Waals surface area contributed by atoms with Crippen LogP contribution in [0.3, 0.4) is 0 Å². The van der Waals surface area contributed by atoms with Crippen molar-refractivity contribution in [3.8, 4) is 0 Å². The highest BCUT2D eigenvalue weighted by molar-refractivity contribution is 6.54. The minimum atomic E-state index is -0.667. The molecular weight excluding hydrogens is 503 g/mol. The van der Waals surface area contributed by atoms with E-state index in [1.54, 1.807) is 24.3 Å². The standard InChI is InChI=1S/C26H28Cl2N4O4/c27-19-21(29-13-7-1-2-8-14-29)25(35)31(23(19)33)17-11-5-6-12-18(17)32-24(34)20(28)22(26(32)36)30-15-9-3-4-10-16-30/h5-6,11-12H,1-4,7-10,13-16H2. The highest BCUT2D eigenvalue weighted by atomic mass is 35.5. The quantitative estimate of drug-likeness (QED) is 0.545. The zero-order valence-electron chi connectivity index (χ0n) is 20.0. The molecule has 36 heavy (non-hydrogen) atoms. The minimum absolute atomic E-state index is 0.124. The Labute approximate surface area is 220 Å². The van der Waals surface area contributed by atoms with Crippen molar-refractivity contribution >= 4 is 58.2 Å². The van der Waals surface area contributed by atoms with Gasteiger partial charge >= 0.3 is 0 Å². The normalized spacial score (nSPS) is 22.3. The van der Waals surface area contributed by atoms with Crippen molar-refractivity contribution in [2.75, 3.05) is 36.0 Å². The molecule has 0 atom stereocenters. The SMILES string of the molecule is O=C1C(Cl)=C(N2CCCCCC2)C(=O)N1c1ccccc1N1C(=O)C(Cl)=C(N2CCCCCC2)C1=O. The van der Waals surface area contributed by atoms with Gasteiger partial charge in [0.2, 0.25) is 0 Å². The van der Waals surface area contributed by atoms with Crippen LogP contribution in [-0.2, 0) is 19.2 Å². The van der Waals surface area contributed by atoms with Gasteiger partial charge in [-0.25, -0.2) is 9.80 Å². The molecule has 1 aromatic rings. The zero-order chi connectivity index (χ0) is 25.4. The molecule has 4 aliphatic heterocycles. The van der Waals surface area contributed by atoms with Gasteiger partial charge < -0.3 is 9.80 Å². The third-order valence-electron chi connectivity index (χ3n) is 7.22. The van der Waals surface area contributed by atoms with Gasteiger partial charge in [0, 0.05) is 26.2 Å². The molecule has 4 amide bonds. The second kappa shape index (κ2) is 10.3. The molecule has 0 bridgehead atoms. The maximum Gasteiger partial charge on any atom is 0.283 e. The van der Waals surface area contributed by atoms with Gasteiger partial charge in [-0.05, 0) is 37.8 Å². The van der Waals surface area contributed by atoms with E-state index < -0.39 is 23.6 Å². The Balaban J connectivity index is 1.48. The van der Waals surface area contributed by atoms with E-state index in [9.17, 15) is 19.2 Å². The van der Waals surface area contributed by atoms with Crippen molar-refractivity contribution < 1.29 is 19.2 Å². The Morgan fingerprint density at radius 1 is 0.500 bits per heavy atom. The summed E-state index contributed by atoms with van der Waals surface area (Å²) in [6.45, 7) is 2.56. The molecule has 190 valence electrons. The number of halogens is 2. The molecule has 8 nitrogen and oxygen atoms in total. The summed E-state index contributed by atoms with van der Waals surface area (Å²) >= 11 is 12.9. The lowest BCUT2D eigenvalue weighted by atomic mass is 10.2. The van der Waals surface area contributed by atoms with E-state index in [0.717, 1.165) is 61.2 Å². The Bertz CT molecular complexity index is 1090. The van der Waals surface area contributed by atoms with E-state index >= 15 is 0 Å². The number of hydrogen-bond acceptors (Lipinski definition) is 6. The monoisotopic (exact) mass is 530 g/mol. The number of imide groups is 2. The first kappa shape index (κ1) is 24.8. The van der Waals surface area contributed by atoms with Crippen LogP contribution >= 0.6 is 23.2 Å². The van der Waals surface area contributed by atoms with Crippen molar-refractivity contribution in [3.05, 3.63) is 45.7 Å².